The lowest BCUT2D eigenvalue weighted by molar-refractivity contribution is -0.151. The van der Waals surface area contributed by atoms with Crippen molar-refractivity contribution in [2.24, 2.45) is 0 Å². The van der Waals surface area contributed by atoms with E-state index in [0.717, 1.165) is 18.4 Å². The van der Waals surface area contributed by atoms with Gasteiger partial charge in [-0.05, 0) is 43.2 Å². The average Bonchev–Trinajstić information content (AvgIpc) is 2.67. The van der Waals surface area contributed by atoms with E-state index in [4.69, 9.17) is 9.47 Å². The number of benzene rings is 2. The topological polar surface area (TPSA) is 64.6 Å². The Kier molecular flexibility index (Phi) is 7.68. The van der Waals surface area contributed by atoms with Crippen molar-refractivity contribution in [2.75, 3.05) is 6.61 Å². The van der Waals surface area contributed by atoms with Crippen LogP contribution in [-0.2, 0) is 16.1 Å². The number of unbranched alkanes of at least 4 members (excludes halogenated alkanes) is 1. The van der Waals surface area contributed by atoms with Gasteiger partial charge in [0.05, 0.1) is 6.61 Å². The number of carbonyl (C=O) groups is 2. The highest BCUT2D eigenvalue weighted by atomic mass is 16.6. The molecule has 0 radical (unpaired) electrons. The highest BCUT2D eigenvalue weighted by Gasteiger charge is 2.16. The first-order chi connectivity index (χ1) is 12.6. The van der Waals surface area contributed by atoms with Gasteiger partial charge in [0.1, 0.15) is 5.75 Å². The van der Waals surface area contributed by atoms with Crippen LogP contribution in [0.4, 0.5) is 0 Å². The van der Waals surface area contributed by atoms with Crippen LogP contribution in [0.25, 0.3) is 0 Å². The van der Waals surface area contributed by atoms with Crippen LogP contribution in [0.2, 0.25) is 0 Å². The van der Waals surface area contributed by atoms with Crippen molar-refractivity contribution in [3.05, 3.63) is 65.7 Å². The monoisotopic (exact) mass is 355 g/mol. The maximum Gasteiger partial charge on any atom is 0.347 e. The molecule has 0 heterocycles. The van der Waals surface area contributed by atoms with E-state index in [9.17, 15) is 9.59 Å². The molecule has 5 heteroatoms. The molecular formula is C21H25NO4. The minimum atomic E-state index is -0.690. The molecule has 0 fully saturated rings. The Morgan fingerprint density at radius 2 is 1.73 bits per heavy atom. The van der Waals surface area contributed by atoms with Crippen LogP contribution in [0.5, 0.6) is 5.75 Å². The zero-order valence-corrected chi connectivity index (χ0v) is 15.2. The zero-order valence-electron chi connectivity index (χ0n) is 15.2. The van der Waals surface area contributed by atoms with Crippen molar-refractivity contribution < 1.29 is 19.1 Å². The number of hydrogen-bond donors (Lipinski definition) is 1. The number of ether oxygens (including phenoxy) is 2. The largest absolute Gasteiger partial charge is 0.479 e. The van der Waals surface area contributed by atoms with Crippen LogP contribution < -0.4 is 10.1 Å². The summed E-state index contributed by atoms with van der Waals surface area (Å²) in [6, 6.07) is 16.4. The zero-order chi connectivity index (χ0) is 18.8. The molecule has 0 aliphatic heterocycles. The van der Waals surface area contributed by atoms with Gasteiger partial charge in [0.25, 0.3) is 5.91 Å². The van der Waals surface area contributed by atoms with Gasteiger partial charge >= 0.3 is 5.97 Å². The van der Waals surface area contributed by atoms with E-state index in [0.29, 0.717) is 24.5 Å². The average molecular weight is 355 g/mol. The minimum absolute atomic E-state index is 0.160. The number of hydrogen-bond acceptors (Lipinski definition) is 4. The molecule has 0 aromatic heterocycles. The van der Waals surface area contributed by atoms with Crippen molar-refractivity contribution >= 4 is 11.9 Å². The molecule has 2 aromatic carbocycles. The molecule has 0 saturated carbocycles. The summed E-state index contributed by atoms with van der Waals surface area (Å²) in [4.78, 5) is 24.0. The fourth-order valence-electron chi connectivity index (χ4n) is 2.25. The predicted molar refractivity (Wildman–Crippen MR) is 100 cm³/mol. The summed E-state index contributed by atoms with van der Waals surface area (Å²) < 4.78 is 10.7. The Bertz CT molecular complexity index is 698. The van der Waals surface area contributed by atoms with E-state index in [2.05, 4.69) is 5.32 Å². The molecule has 0 aliphatic carbocycles. The molecule has 2 aromatic rings. The summed E-state index contributed by atoms with van der Waals surface area (Å²) in [5, 5.41) is 2.87. The van der Waals surface area contributed by atoms with Gasteiger partial charge in [0, 0.05) is 12.1 Å². The molecule has 1 N–H and O–H groups in total. The van der Waals surface area contributed by atoms with E-state index in [-0.39, 0.29) is 11.9 Å². The van der Waals surface area contributed by atoms with E-state index in [1.165, 1.54) is 0 Å². The van der Waals surface area contributed by atoms with E-state index in [1.807, 2.05) is 37.3 Å². The highest BCUT2D eigenvalue weighted by molar-refractivity contribution is 5.94. The molecule has 1 atom stereocenters. The van der Waals surface area contributed by atoms with Crippen molar-refractivity contribution in [3.63, 3.8) is 0 Å². The Hall–Kier alpha value is -2.82. The van der Waals surface area contributed by atoms with Crippen molar-refractivity contribution in [1.29, 1.82) is 0 Å². The summed E-state index contributed by atoms with van der Waals surface area (Å²) in [6.07, 6.45) is 1.12. The van der Waals surface area contributed by atoms with E-state index in [1.54, 1.807) is 31.2 Å². The first-order valence-electron chi connectivity index (χ1n) is 8.85. The van der Waals surface area contributed by atoms with Crippen molar-refractivity contribution in [3.8, 4) is 5.75 Å². The SMILES string of the molecule is CCCCOC(=O)C(C)Oc1ccc(C(=O)NCc2ccccc2)cc1. The van der Waals surface area contributed by atoms with Crippen LogP contribution in [0.1, 0.15) is 42.6 Å². The molecular weight excluding hydrogens is 330 g/mol. The number of carbonyl (C=O) groups excluding carboxylic acids is 2. The third-order valence-electron chi connectivity index (χ3n) is 3.80. The molecule has 0 aliphatic rings. The van der Waals surface area contributed by atoms with Crippen LogP contribution in [0.15, 0.2) is 54.6 Å². The van der Waals surface area contributed by atoms with Gasteiger partial charge in [-0.3, -0.25) is 4.79 Å². The molecule has 1 amide bonds. The second-order valence-electron chi connectivity index (χ2n) is 5.97. The Morgan fingerprint density at radius 3 is 2.38 bits per heavy atom. The lowest BCUT2D eigenvalue weighted by atomic mass is 10.2. The maximum atomic E-state index is 12.2. The molecule has 1 unspecified atom stereocenters. The van der Waals surface area contributed by atoms with Crippen LogP contribution >= 0.6 is 0 Å². The Balaban J connectivity index is 1.83. The molecule has 2 rings (SSSR count). The fourth-order valence-corrected chi connectivity index (χ4v) is 2.25. The van der Waals surface area contributed by atoms with E-state index >= 15 is 0 Å². The van der Waals surface area contributed by atoms with Gasteiger partial charge in [-0.15, -0.1) is 0 Å². The Morgan fingerprint density at radius 1 is 1.04 bits per heavy atom. The van der Waals surface area contributed by atoms with Crippen LogP contribution in [-0.4, -0.2) is 24.6 Å². The smallest absolute Gasteiger partial charge is 0.347 e. The lowest BCUT2D eigenvalue weighted by Crippen LogP contribution is -2.26. The summed E-state index contributed by atoms with van der Waals surface area (Å²) in [5.41, 5.74) is 1.57. The second kappa shape index (κ2) is 10.2. The van der Waals surface area contributed by atoms with E-state index < -0.39 is 6.10 Å². The standard InChI is InChI=1S/C21H25NO4/c1-3-4-14-25-21(24)16(2)26-19-12-10-18(11-13-19)20(23)22-15-17-8-6-5-7-9-17/h5-13,16H,3-4,14-15H2,1-2H3,(H,22,23). The quantitative estimate of drug-likeness (QED) is 0.550. The molecule has 26 heavy (non-hydrogen) atoms. The Labute approximate surface area is 154 Å². The summed E-state index contributed by atoms with van der Waals surface area (Å²) in [7, 11) is 0. The maximum absolute atomic E-state index is 12.2. The van der Waals surface area contributed by atoms with Crippen molar-refractivity contribution in [2.45, 2.75) is 39.3 Å². The summed E-state index contributed by atoms with van der Waals surface area (Å²) in [5.74, 6) is -0.0277. The fraction of sp³-hybridized carbons (Fsp3) is 0.333. The molecule has 138 valence electrons. The third kappa shape index (κ3) is 6.24. The summed E-state index contributed by atoms with van der Waals surface area (Å²) >= 11 is 0. The predicted octanol–water partition coefficient (Wildman–Crippen LogP) is 3.73. The van der Waals surface area contributed by atoms with Gasteiger partial charge in [-0.1, -0.05) is 43.7 Å². The third-order valence-corrected chi connectivity index (χ3v) is 3.80. The number of amides is 1. The number of rotatable bonds is 9. The normalized spacial score (nSPS) is 11.5. The van der Waals surface area contributed by atoms with Crippen molar-refractivity contribution in [1.82, 2.24) is 5.32 Å². The van der Waals surface area contributed by atoms with Crippen LogP contribution in [0, 0.1) is 0 Å². The van der Waals surface area contributed by atoms with Gasteiger partial charge in [-0.25, -0.2) is 4.79 Å². The molecule has 0 bridgehead atoms. The van der Waals surface area contributed by atoms with Gasteiger partial charge in [-0.2, -0.15) is 0 Å². The van der Waals surface area contributed by atoms with Gasteiger partial charge < -0.3 is 14.8 Å². The summed E-state index contributed by atoms with van der Waals surface area (Å²) in [6.45, 7) is 4.56. The molecule has 0 spiro atoms. The van der Waals surface area contributed by atoms with Crippen LogP contribution in [0.3, 0.4) is 0 Å². The molecule has 0 saturated heterocycles. The van der Waals surface area contributed by atoms with Gasteiger partial charge in [0.2, 0.25) is 0 Å². The number of esters is 1. The van der Waals surface area contributed by atoms with Gasteiger partial charge in [0.15, 0.2) is 6.10 Å². The lowest BCUT2D eigenvalue weighted by Gasteiger charge is -2.14. The number of nitrogens with one attached hydrogen (secondary N) is 1. The first-order valence-corrected chi connectivity index (χ1v) is 8.85. The molecule has 5 nitrogen and oxygen atoms in total. The highest BCUT2D eigenvalue weighted by Crippen LogP contribution is 2.15. The first kappa shape index (κ1) is 19.5. The minimum Gasteiger partial charge on any atom is -0.479 e. The second-order valence-corrected chi connectivity index (χ2v) is 5.97.